The molecule has 138 valence electrons. The molecule has 1 unspecified atom stereocenters. The van der Waals surface area contributed by atoms with E-state index in [1.807, 2.05) is 11.9 Å². The molecule has 0 radical (unpaired) electrons. The lowest BCUT2D eigenvalue weighted by Gasteiger charge is -2.24. The van der Waals surface area contributed by atoms with Crippen molar-refractivity contribution in [1.82, 2.24) is 10.2 Å². The molecule has 1 aliphatic heterocycles. The van der Waals surface area contributed by atoms with Gasteiger partial charge in [-0.05, 0) is 49.7 Å². The summed E-state index contributed by atoms with van der Waals surface area (Å²) in [5.74, 6) is -0.139. The Morgan fingerprint density at radius 1 is 1.15 bits per heavy atom. The number of likely N-dealkylation sites (tertiary alicyclic amines) is 1. The molecule has 0 spiro atoms. The maximum Gasteiger partial charge on any atom is 0.254 e. The van der Waals surface area contributed by atoms with Gasteiger partial charge in [-0.2, -0.15) is 0 Å². The van der Waals surface area contributed by atoms with Crippen LogP contribution in [0.2, 0.25) is 0 Å². The average Bonchev–Trinajstić information content (AvgIpc) is 3.10. The number of nitrogens with zero attached hydrogens (tertiary/aromatic N) is 1. The first-order valence-electron chi connectivity index (χ1n) is 8.83. The average molecular weight is 372 g/mol. The van der Waals surface area contributed by atoms with Crippen LogP contribution in [0.4, 0.5) is 0 Å². The van der Waals surface area contributed by atoms with Crippen molar-refractivity contribution >= 4 is 15.7 Å². The van der Waals surface area contributed by atoms with Crippen molar-refractivity contribution in [3.05, 3.63) is 65.7 Å². The predicted molar refractivity (Wildman–Crippen MR) is 102 cm³/mol. The van der Waals surface area contributed by atoms with E-state index in [0.29, 0.717) is 16.0 Å². The van der Waals surface area contributed by atoms with Crippen LogP contribution in [0.1, 0.15) is 28.8 Å². The van der Waals surface area contributed by atoms with Crippen molar-refractivity contribution in [3.8, 4) is 0 Å². The van der Waals surface area contributed by atoms with Crippen LogP contribution in [0, 0.1) is 0 Å². The van der Waals surface area contributed by atoms with Gasteiger partial charge in [0.15, 0.2) is 9.84 Å². The zero-order valence-corrected chi connectivity index (χ0v) is 15.7. The molecular formula is C20H24N2O3S. The summed E-state index contributed by atoms with van der Waals surface area (Å²) in [7, 11) is -1.54. The second-order valence-electron chi connectivity index (χ2n) is 6.62. The highest BCUT2D eigenvalue weighted by molar-refractivity contribution is 7.90. The van der Waals surface area contributed by atoms with Gasteiger partial charge in [0, 0.05) is 24.7 Å². The van der Waals surface area contributed by atoms with Crippen LogP contribution < -0.4 is 5.32 Å². The molecule has 6 heteroatoms. The highest BCUT2D eigenvalue weighted by atomic mass is 32.2. The number of benzene rings is 2. The fraction of sp³-hybridized carbons (Fsp3) is 0.350. The zero-order valence-electron chi connectivity index (χ0n) is 14.9. The third kappa shape index (κ3) is 4.14. The molecule has 1 amide bonds. The molecule has 0 aromatic heterocycles. The van der Waals surface area contributed by atoms with E-state index < -0.39 is 9.84 Å². The molecule has 0 bridgehead atoms. The van der Waals surface area contributed by atoms with E-state index in [1.165, 1.54) is 0 Å². The normalized spacial score (nSPS) is 17.4. The number of hydrogen-bond acceptors (Lipinski definition) is 4. The molecule has 1 saturated heterocycles. The fourth-order valence-electron chi connectivity index (χ4n) is 3.44. The first-order chi connectivity index (χ1) is 12.5. The maximum absolute atomic E-state index is 12.9. The second-order valence-corrected chi connectivity index (χ2v) is 8.61. The SMILES string of the molecule is CNCC1CCCN1C(=O)c1cccc(CS(=O)(=O)c2ccccc2)c1. The van der Waals surface area contributed by atoms with Crippen molar-refractivity contribution in [3.63, 3.8) is 0 Å². The molecule has 1 atom stereocenters. The Kier molecular flexibility index (Phi) is 5.74. The molecule has 0 aliphatic carbocycles. The van der Waals surface area contributed by atoms with E-state index in [2.05, 4.69) is 5.32 Å². The number of sulfone groups is 1. The minimum absolute atomic E-state index is 0.0262. The van der Waals surface area contributed by atoms with Crippen LogP contribution >= 0.6 is 0 Å². The van der Waals surface area contributed by atoms with Crippen molar-refractivity contribution in [2.24, 2.45) is 0 Å². The Morgan fingerprint density at radius 3 is 2.65 bits per heavy atom. The summed E-state index contributed by atoms with van der Waals surface area (Å²) in [6, 6.07) is 15.6. The van der Waals surface area contributed by atoms with Gasteiger partial charge >= 0.3 is 0 Å². The molecule has 26 heavy (non-hydrogen) atoms. The Labute approximate surface area is 154 Å². The van der Waals surface area contributed by atoms with Crippen LogP contribution in [-0.2, 0) is 15.6 Å². The van der Waals surface area contributed by atoms with Gasteiger partial charge in [0.05, 0.1) is 10.6 Å². The third-order valence-corrected chi connectivity index (χ3v) is 6.41. The summed E-state index contributed by atoms with van der Waals surface area (Å²) < 4.78 is 25.1. The lowest BCUT2D eigenvalue weighted by Crippen LogP contribution is -2.40. The number of hydrogen-bond donors (Lipinski definition) is 1. The quantitative estimate of drug-likeness (QED) is 0.846. The Balaban J connectivity index is 1.79. The summed E-state index contributed by atoms with van der Waals surface area (Å²) in [6.07, 6.45) is 1.99. The molecule has 5 nitrogen and oxygen atoms in total. The van der Waals surface area contributed by atoms with E-state index in [-0.39, 0.29) is 17.7 Å². The van der Waals surface area contributed by atoms with Gasteiger partial charge in [-0.15, -0.1) is 0 Å². The van der Waals surface area contributed by atoms with Crippen LogP contribution in [0.15, 0.2) is 59.5 Å². The fourth-order valence-corrected chi connectivity index (χ4v) is 4.80. The van der Waals surface area contributed by atoms with Gasteiger partial charge in [0.2, 0.25) is 0 Å². The minimum atomic E-state index is -3.43. The second kappa shape index (κ2) is 8.01. The summed E-state index contributed by atoms with van der Waals surface area (Å²) in [6.45, 7) is 1.52. The van der Waals surface area contributed by atoms with E-state index >= 15 is 0 Å². The number of carbonyl (C=O) groups excluding carboxylic acids is 1. The zero-order chi connectivity index (χ0) is 18.6. The number of likely N-dealkylation sites (N-methyl/N-ethyl adjacent to an activating group) is 1. The monoisotopic (exact) mass is 372 g/mol. The number of amides is 1. The molecule has 1 heterocycles. The molecule has 1 aliphatic rings. The van der Waals surface area contributed by atoms with Gasteiger partial charge in [0.25, 0.3) is 5.91 Å². The summed E-state index contributed by atoms with van der Waals surface area (Å²) in [4.78, 5) is 15.1. The largest absolute Gasteiger partial charge is 0.334 e. The summed E-state index contributed by atoms with van der Waals surface area (Å²) >= 11 is 0. The highest BCUT2D eigenvalue weighted by Crippen LogP contribution is 2.22. The van der Waals surface area contributed by atoms with Crippen LogP contribution in [0.5, 0.6) is 0 Å². The molecule has 3 rings (SSSR count). The lowest BCUT2D eigenvalue weighted by molar-refractivity contribution is 0.0737. The summed E-state index contributed by atoms with van der Waals surface area (Å²) in [5, 5.41) is 3.13. The minimum Gasteiger partial charge on any atom is -0.334 e. The highest BCUT2D eigenvalue weighted by Gasteiger charge is 2.29. The Hall–Kier alpha value is -2.18. The topological polar surface area (TPSA) is 66.5 Å². The van der Waals surface area contributed by atoms with Gasteiger partial charge in [-0.3, -0.25) is 4.79 Å². The van der Waals surface area contributed by atoms with E-state index in [1.54, 1.807) is 54.6 Å². The third-order valence-electron chi connectivity index (χ3n) is 4.71. The molecule has 2 aromatic carbocycles. The molecule has 1 fully saturated rings. The summed E-state index contributed by atoms with van der Waals surface area (Å²) in [5.41, 5.74) is 1.18. The van der Waals surface area contributed by atoms with E-state index in [9.17, 15) is 13.2 Å². The van der Waals surface area contributed by atoms with Gasteiger partial charge in [-0.25, -0.2) is 8.42 Å². The molecular weight excluding hydrogens is 348 g/mol. The molecule has 2 aromatic rings. The Morgan fingerprint density at radius 2 is 1.92 bits per heavy atom. The van der Waals surface area contributed by atoms with Crippen molar-refractivity contribution in [2.45, 2.75) is 29.5 Å². The van der Waals surface area contributed by atoms with Gasteiger partial charge < -0.3 is 10.2 Å². The van der Waals surface area contributed by atoms with E-state index in [0.717, 1.165) is 25.9 Å². The molecule has 0 saturated carbocycles. The van der Waals surface area contributed by atoms with Gasteiger partial charge in [-0.1, -0.05) is 30.3 Å². The number of nitrogens with one attached hydrogen (secondary N) is 1. The predicted octanol–water partition coefficient (Wildman–Crippen LogP) is 2.48. The van der Waals surface area contributed by atoms with Crippen LogP contribution in [0.25, 0.3) is 0 Å². The van der Waals surface area contributed by atoms with Gasteiger partial charge in [0.1, 0.15) is 0 Å². The molecule has 1 N–H and O–H groups in total. The smallest absolute Gasteiger partial charge is 0.254 e. The van der Waals surface area contributed by atoms with Crippen molar-refractivity contribution < 1.29 is 13.2 Å². The first-order valence-corrected chi connectivity index (χ1v) is 10.5. The number of carbonyl (C=O) groups is 1. The van der Waals surface area contributed by atoms with Crippen molar-refractivity contribution in [2.75, 3.05) is 20.1 Å². The standard InChI is InChI=1S/C20H24N2O3S/c1-21-14-18-9-6-12-22(18)20(23)17-8-5-7-16(13-17)15-26(24,25)19-10-3-2-4-11-19/h2-5,7-8,10-11,13,18,21H,6,9,12,14-15H2,1H3. The Bertz CT molecular complexity index is 866. The maximum atomic E-state index is 12.9. The number of rotatable bonds is 6. The first kappa shape index (κ1) is 18.6. The lowest BCUT2D eigenvalue weighted by atomic mass is 10.1. The van der Waals surface area contributed by atoms with Crippen molar-refractivity contribution in [1.29, 1.82) is 0 Å². The van der Waals surface area contributed by atoms with E-state index in [4.69, 9.17) is 0 Å². The van der Waals surface area contributed by atoms with Crippen LogP contribution in [-0.4, -0.2) is 45.4 Å². The van der Waals surface area contributed by atoms with Crippen LogP contribution in [0.3, 0.4) is 0 Å².